The number of halogens is 2. The highest BCUT2D eigenvalue weighted by molar-refractivity contribution is 14.1. The minimum atomic E-state index is -0.0805. The number of rotatable bonds is 2. The van der Waals surface area contributed by atoms with Gasteiger partial charge in [-0.2, -0.15) is 0 Å². The van der Waals surface area contributed by atoms with Gasteiger partial charge in [-0.25, -0.2) is 0 Å². The lowest BCUT2D eigenvalue weighted by molar-refractivity contribution is 0.102. The summed E-state index contributed by atoms with van der Waals surface area (Å²) in [5, 5.41) is 2.93. The van der Waals surface area contributed by atoms with Gasteiger partial charge in [0, 0.05) is 13.6 Å². The predicted molar refractivity (Wildman–Crippen MR) is 90.7 cm³/mol. The molecule has 0 aromatic heterocycles. The lowest BCUT2D eigenvalue weighted by Crippen LogP contribution is -2.14. The highest BCUT2D eigenvalue weighted by atomic mass is 127. The molecule has 0 aliphatic rings. The second kappa shape index (κ2) is 6.05. The number of amides is 1. The first kappa shape index (κ1) is 14.5. The molecular formula is C15H13BrINO. The van der Waals surface area contributed by atoms with Crippen molar-refractivity contribution in [3.05, 3.63) is 61.1 Å². The van der Waals surface area contributed by atoms with Gasteiger partial charge in [-0.3, -0.25) is 4.79 Å². The summed E-state index contributed by atoms with van der Waals surface area (Å²) in [4.78, 5) is 12.3. The van der Waals surface area contributed by atoms with Crippen molar-refractivity contribution in [1.29, 1.82) is 0 Å². The second-order valence-electron chi connectivity index (χ2n) is 4.33. The maximum atomic E-state index is 12.3. The van der Waals surface area contributed by atoms with E-state index in [2.05, 4.69) is 43.8 Å². The van der Waals surface area contributed by atoms with E-state index >= 15 is 0 Å². The molecule has 0 saturated heterocycles. The fourth-order valence-corrected chi connectivity index (χ4v) is 3.17. The van der Waals surface area contributed by atoms with E-state index in [1.54, 1.807) is 0 Å². The van der Waals surface area contributed by atoms with Crippen molar-refractivity contribution < 1.29 is 4.79 Å². The van der Waals surface area contributed by atoms with Gasteiger partial charge < -0.3 is 5.32 Å². The van der Waals surface area contributed by atoms with Crippen molar-refractivity contribution in [1.82, 2.24) is 0 Å². The number of hydrogen-bond donors (Lipinski definition) is 1. The summed E-state index contributed by atoms with van der Waals surface area (Å²) in [7, 11) is 0. The maximum absolute atomic E-state index is 12.3. The fraction of sp³-hybridized carbons (Fsp3) is 0.133. The van der Waals surface area contributed by atoms with Crippen molar-refractivity contribution >= 4 is 50.1 Å². The first-order valence-corrected chi connectivity index (χ1v) is 7.69. The number of aryl methyl sites for hydroxylation is 1. The summed E-state index contributed by atoms with van der Waals surface area (Å²) in [6, 6.07) is 11.6. The summed E-state index contributed by atoms with van der Waals surface area (Å²) < 4.78 is 2.01. The number of nitrogens with one attached hydrogen (secondary N) is 1. The Hall–Kier alpha value is -0.880. The lowest BCUT2D eigenvalue weighted by atomic mass is 10.0. The minimum absolute atomic E-state index is 0.0805. The van der Waals surface area contributed by atoms with Crippen molar-refractivity contribution in [2.45, 2.75) is 13.8 Å². The largest absolute Gasteiger partial charge is 0.321 e. The third-order valence-corrected chi connectivity index (χ3v) is 4.36. The standard InChI is InChI=1S/C15H13BrINO/c1-9-4-3-5-12(10(9)2)15(19)18-14-7-6-11(17)8-13(14)16/h3-8H,1-2H3,(H,18,19). The van der Waals surface area contributed by atoms with E-state index in [9.17, 15) is 4.79 Å². The van der Waals surface area contributed by atoms with E-state index in [4.69, 9.17) is 0 Å². The molecule has 2 aromatic carbocycles. The zero-order valence-corrected chi connectivity index (χ0v) is 14.4. The lowest BCUT2D eigenvalue weighted by Gasteiger charge is -2.11. The highest BCUT2D eigenvalue weighted by Crippen LogP contribution is 2.25. The number of carbonyl (C=O) groups excluding carboxylic acids is 1. The molecule has 2 aromatic rings. The van der Waals surface area contributed by atoms with Gasteiger partial charge in [0.15, 0.2) is 0 Å². The Morgan fingerprint density at radius 3 is 2.63 bits per heavy atom. The summed E-state index contributed by atoms with van der Waals surface area (Å²) >= 11 is 5.70. The summed E-state index contributed by atoms with van der Waals surface area (Å²) in [6.07, 6.45) is 0. The predicted octanol–water partition coefficient (Wildman–Crippen LogP) is 4.92. The molecule has 0 atom stereocenters. The van der Waals surface area contributed by atoms with Crippen molar-refractivity contribution in [2.24, 2.45) is 0 Å². The maximum Gasteiger partial charge on any atom is 0.255 e. The van der Waals surface area contributed by atoms with Crippen LogP contribution in [0.4, 0.5) is 5.69 Å². The Kier molecular flexibility index (Phi) is 4.62. The van der Waals surface area contributed by atoms with Crippen LogP contribution in [0.25, 0.3) is 0 Å². The van der Waals surface area contributed by atoms with Gasteiger partial charge in [0.2, 0.25) is 0 Å². The number of benzene rings is 2. The topological polar surface area (TPSA) is 29.1 Å². The summed E-state index contributed by atoms with van der Waals surface area (Å²) in [5.41, 5.74) is 3.63. The molecule has 19 heavy (non-hydrogen) atoms. The van der Waals surface area contributed by atoms with Gasteiger partial charge in [0.25, 0.3) is 5.91 Å². The minimum Gasteiger partial charge on any atom is -0.321 e. The van der Waals surface area contributed by atoms with E-state index in [1.807, 2.05) is 50.2 Å². The van der Waals surface area contributed by atoms with E-state index in [0.717, 1.165) is 24.9 Å². The molecule has 2 nitrogen and oxygen atoms in total. The first-order chi connectivity index (χ1) is 8.99. The van der Waals surface area contributed by atoms with Gasteiger partial charge in [-0.15, -0.1) is 0 Å². The molecule has 4 heteroatoms. The van der Waals surface area contributed by atoms with Gasteiger partial charge in [-0.05, 0) is 87.8 Å². The molecular weight excluding hydrogens is 417 g/mol. The molecule has 0 unspecified atom stereocenters. The summed E-state index contributed by atoms with van der Waals surface area (Å²) in [6.45, 7) is 3.97. The molecule has 2 rings (SSSR count). The van der Waals surface area contributed by atoms with Gasteiger partial charge in [0.05, 0.1) is 5.69 Å². The van der Waals surface area contributed by atoms with Crippen LogP contribution >= 0.6 is 38.5 Å². The number of anilines is 1. The molecule has 0 bridgehead atoms. The quantitative estimate of drug-likeness (QED) is 0.674. The summed E-state index contributed by atoms with van der Waals surface area (Å²) in [5.74, 6) is -0.0805. The molecule has 0 heterocycles. The van der Waals surface area contributed by atoms with E-state index in [0.29, 0.717) is 5.56 Å². The molecule has 1 N–H and O–H groups in total. The molecule has 0 radical (unpaired) electrons. The molecule has 0 aliphatic carbocycles. The normalized spacial score (nSPS) is 10.3. The average Bonchev–Trinajstić information content (AvgIpc) is 2.36. The van der Waals surface area contributed by atoms with Crippen LogP contribution in [0.5, 0.6) is 0 Å². The average molecular weight is 430 g/mol. The molecule has 0 saturated carbocycles. The van der Waals surface area contributed by atoms with Crippen molar-refractivity contribution in [3.8, 4) is 0 Å². The van der Waals surface area contributed by atoms with Crippen LogP contribution in [-0.4, -0.2) is 5.91 Å². The smallest absolute Gasteiger partial charge is 0.255 e. The van der Waals surface area contributed by atoms with Gasteiger partial charge >= 0.3 is 0 Å². The van der Waals surface area contributed by atoms with Gasteiger partial charge in [0.1, 0.15) is 0 Å². The van der Waals surface area contributed by atoms with Crippen LogP contribution in [0.15, 0.2) is 40.9 Å². The molecule has 0 fully saturated rings. The molecule has 0 spiro atoms. The second-order valence-corrected chi connectivity index (χ2v) is 6.43. The van der Waals surface area contributed by atoms with Crippen LogP contribution in [0.2, 0.25) is 0 Å². The SMILES string of the molecule is Cc1cccc(C(=O)Nc2ccc(I)cc2Br)c1C. The zero-order chi connectivity index (χ0) is 14.0. The Morgan fingerprint density at radius 1 is 1.21 bits per heavy atom. The van der Waals surface area contributed by atoms with Crippen molar-refractivity contribution in [2.75, 3.05) is 5.32 Å². The van der Waals surface area contributed by atoms with Crippen LogP contribution in [0.3, 0.4) is 0 Å². The van der Waals surface area contributed by atoms with Crippen LogP contribution in [0.1, 0.15) is 21.5 Å². The zero-order valence-electron chi connectivity index (χ0n) is 10.6. The Labute approximate surface area is 134 Å². The van der Waals surface area contributed by atoms with Crippen LogP contribution in [-0.2, 0) is 0 Å². The van der Waals surface area contributed by atoms with E-state index in [1.165, 1.54) is 0 Å². The van der Waals surface area contributed by atoms with Crippen molar-refractivity contribution in [3.63, 3.8) is 0 Å². The Morgan fingerprint density at radius 2 is 1.95 bits per heavy atom. The van der Waals surface area contributed by atoms with Crippen LogP contribution in [0, 0.1) is 17.4 Å². The Balaban J connectivity index is 2.28. The fourth-order valence-electron chi connectivity index (χ4n) is 1.78. The molecule has 1 amide bonds. The van der Waals surface area contributed by atoms with E-state index < -0.39 is 0 Å². The van der Waals surface area contributed by atoms with Crippen LogP contribution < -0.4 is 5.32 Å². The molecule has 0 aliphatic heterocycles. The number of carbonyl (C=O) groups is 1. The number of hydrogen-bond acceptors (Lipinski definition) is 1. The van der Waals surface area contributed by atoms with Gasteiger partial charge in [-0.1, -0.05) is 12.1 Å². The van der Waals surface area contributed by atoms with E-state index in [-0.39, 0.29) is 5.91 Å². The highest BCUT2D eigenvalue weighted by Gasteiger charge is 2.11. The first-order valence-electron chi connectivity index (χ1n) is 5.81. The Bertz CT molecular complexity index is 640. The third kappa shape index (κ3) is 3.36. The monoisotopic (exact) mass is 429 g/mol. The third-order valence-electron chi connectivity index (χ3n) is 3.03. The molecule has 98 valence electrons.